The van der Waals surface area contributed by atoms with Crippen molar-refractivity contribution in [1.29, 1.82) is 0 Å². The largest absolute Gasteiger partial charge is 0.361 e. The first-order chi connectivity index (χ1) is 12.4. The molecule has 0 amide bonds. The molecule has 3 aromatic rings. The molecule has 1 aliphatic carbocycles. The summed E-state index contributed by atoms with van der Waals surface area (Å²) in [6.45, 7) is 3.50. The smallest absolute Gasteiger partial charge is 0.138 e. The molecule has 1 aliphatic heterocycles. The molecule has 1 aromatic carbocycles. The minimum atomic E-state index is 0.508. The Morgan fingerprint density at radius 3 is 3.00 bits per heavy atom. The van der Waals surface area contributed by atoms with Crippen LogP contribution in [-0.4, -0.2) is 29.1 Å². The van der Waals surface area contributed by atoms with Gasteiger partial charge in [0.25, 0.3) is 0 Å². The second-order valence-corrected chi connectivity index (χ2v) is 8.34. The number of aromatic nitrogens is 2. The molecule has 2 aromatic heterocycles. The van der Waals surface area contributed by atoms with Crippen LogP contribution in [0.4, 0.5) is 5.82 Å². The van der Waals surface area contributed by atoms with Crippen molar-refractivity contribution < 1.29 is 4.90 Å². The van der Waals surface area contributed by atoms with Crippen LogP contribution in [0, 0.1) is 0 Å². The number of hydrogen-bond donors (Lipinski definition) is 2. The topological polar surface area (TPSA) is 42.2 Å². The lowest BCUT2D eigenvalue weighted by Crippen LogP contribution is -3.09. The van der Waals surface area contributed by atoms with Crippen molar-refractivity contribution in [2.24, 2.45) is 0 Å². The Morgan fingerprint density at radius 2 is 2.08 bits per heavy atom. The molecule has 25 heavy (non-hydrogen) atoms. The van der Waals surface area contributed by atoms with Gasteiger partial charge in [-0.1, -0.05) is 30.3 Å². The summed E-state index contributed by atoms with van der Waals surface area (Å²) in [5, 5.41) is 5.05. The zero-order valence-corrected chi connectivity index (χ0v) is 15.1. The zero-order chi connectivity index (χ0) is 16.6. The Labute approximate surface area is 151 Å². The average Bonchev–Trinajstić information content (AvgIpc) is 3.32. The number of likely N-dealkylation sites (tertiary alicyclic amines) is 1. The van der Waals surface area contributed by atoms with Crippen LogP contribution in [0.5, 0.6) is 0 Å². The molecular weight excluding hydrogens is 328 g/mol. The number of fused-ring (bicyclic) bond motifs is 3. The molecule has 1 fully saturated rings. The number of rotatable bonds is 4. The molecule has 5 heteroatoms. The fourth-order valence-electron chi connectivity index (χ4n) is 4.33. The first-order valence-electron chi connectivity index (χ1n) is 9.26. The van der Waals surface area contributed by atoms with E-state index in [1.165, 1.54) is 53.6 Å². The Morgan fingerprint density at radius 1 is 1.16 bits per heavy atom. The van der Waals surface area contributed by atoms with Gasteiger partial charge in [0.15, 0.2) is 0 Å². The number of benzene rings is 1. The third-order valence-corrected chi connectivity index (χ3v) is 6.72. The van der Waals surface area contributed by atoms with Crippen molar-refractivity contribution in [2.45, 2.75) is 38.3 Å². The van der Waals surface area contributed by atoms with Crippen LogP contribution >= 0.6 is 11.3 Å². The van der Waals surface area contributed by atoms with Crippen LogP contribution in [0.15, 0.2) is 36.7 Å². The van der Waals surface area contributed by atoms with Gasteiger partial charge in [-0.3, -0.25) is 0 Å². The van der Waals surface area contributed by atoms with E-state index >= 15 is 0 Å². The van der Waals surface area contributed by atoms with Gasteiger partial charge in [-0.25, -0.2) is 9.97 Å². The van der Waals surface area contributed by atoms with Gasteiger partial charge < -0.3 is 10.2 Å². The normalized spacial score (nSPS) is 22.4. The van der Waals surface area contributed by atoms with Gasteiger partial charge in [0.05, 0.1) is 24.5 Å². The molecule has 0 bridgehead atoms. The summed E-state index contributed by atoms with van der Waals surface area (Å²) in [4.78, 5) is 13.5. The van der Waals surface area contributed by atoms with Crippen LogP contribution in [0.1, 0.15) is 28.8 Å². The fourth-order valence-corrected chi connectivity index (χ4v) is 5.56. The highest BCUT2D eigenvalue weighted by atomic mass is 32.1. The molecule has 2 aliphatic rings. The van der Waals surface area contributed by atoms with Gasteiger partial charge in [-0.15, -0.1) is 11.3 Å². The van der Waals surface area contributed by atoms with Gasteiger partial charge in [-0.2, -0.15) is 0 Å². The number of hydrogen-bond acceptors (Lipinski definition) is 4. The Kier molecular flexibility index (Phi) is 3.91. The molecule has 1 saturated heterocycles. The summed E-state index contributed by atoms with van der Waals surface area (Å²) in [7, 11) is 0. The summed E-state index contributed by atoms with van der Waals surface area (Å²) in [5.41, 5.74) is 2.94. The fraction of sp³-hybridized carbons (Fsp3) is 0.400. The van der Waals surface area contributed by atoms with Gasteiger partial charge in [0.1, 0.15) is 23.5 Å². The third kappa shape index (κ3) is 2.92. The molecule has 5 rings (SSSR count). The van der Waals surface area contributed by atoms with E-state index in [4.69, 9.17) is 0 Å². The van der Waals surface area contributed by atoms with E-state index in [1.54, 1.807) is 11.2 Å². The lowest BCUT2D eigenvalue weighted by Gasteiger charge is -2.15. The predicted molar refractivity (Wildman–Crippen MR) is 102 cm³/mol. The molecule has 0 spiro atoms. The highest BCUT2D eigenvalue weighted by Crippen LogP contribution is 2.39. The summed E-state index contributed by atoms with van der Waals surface area (Å²) in [6.07, 6.45) is 6.62. The monoisotopic (exact) mass is 351 g/mol. The minimum absolute atomic E-state index is 0.508. The van der Waals surface area contributed by atoms with Crippen molar-refractivity contribution in [1.82, 2.24) is 9.97 Å². The van der Waals surface area contributed by atoms with Gasteiger partial charge in [0.2, 0.25) is 0 Å². The quantitative estimate of drug-likeness (QED) is 0.759. The Bertz CT molecular complexity index is 889. The first-order valence-corrected chi connectivity index (χ1v) is 10.1. The van der Waals surface area contributed by atoms with Crippen molar-refractivity contribution in [2.75, 3.05) is 18.4 Å². The number of quaternary nitrogens is 1. The van der Waals surface area contributed by atoms with Crippen LogP contribution in [0.3, 0.4) is 0 Å². The average molecular weight is 351 g/mol. The molecule has 4 nitrogen and oxygen atoms in total. The zero-order valence-electron chi connectivity index (χ0n) is 14.3. The molecule has 1 unspecified atom stereocenters. The SMILES string of the molecule is c1ccc(C[NH+]2CC[C@@H](Nc3ncnc4sc5c(c34)CCC5)C2)cc1. The van der Waals surface area contributed by atoms with Gasteiger partial charge in [-0.05, 0) is 24.8 Å². The van der Waals surface area contributed by atoms with Crippen LogP contribution < -0.4 is 10.2 Å². The van der Waals surface area contributed by atoms with Gasteiger partial charge in [0, 0.05) is 16.9 Å². The second kappa shape index (κ2) is 6.39. The molecule has 0 radical (unpaired) electrons. The summed E-state index contributed by atoms with van der Waals surface area (Å²) < 4.78 is 0. The molecule has 2 atom stereocenters. The van der Waals surface area contributed by atoms with E-state index in [1.807, 2.05) is 11.3 Å². The van der Waals surface area contributed by atoms with Crippen molar-refractivity contribution in [3.63, 3.8) is 0 Å². The number of nitrogens with zero attached hydrogens (tertiary/aromatic N) is 2. The lowest BCUT2D eigenvalue weighted by atomic mass is 10.1. The number of anilines is 1. The van der Waals surface area contributed by atoms with E-state index in [9.17, 15) is 0 Å². The number of nitrogens with one attached hydrogen (secondary N) is 2. The molecule has 3 heterocycles. The molecule has 128 valence electrons. The predicted octanol–water partition coefficient (Wildman–Crippen LogP) is 2.45. The summed E-state index contributed by atoms with van der Waals surface area (Å²) in [5.74, 6) is 1.07. The standard InChI is InChI=1S/C20H22N4S/c1-2-5-14(6-3-1)11-24-10-9-15(12-24)23-19-18-16-7-4-8-17(16)25-20(18)22-13-21-19/h1-3,5-6,13,15H,4,7-12H2,(H,21,22,23)/p+1/t15-/m1/s1. The van der Waals surface area contributed by atoms with E-state index in [0.29, 0.717) is 6.04 Å². The molecule has 2 N–H and O–H groups in total. The third-order valence-electron chi connectivity index (χ3n) is 5.52. The Balaban J connectivity index is 1.32. The second-order valence-electron chi connectivity index (χ2n) is 7.26. The van der Waals surface area contributed by atoms with Crippen LogP contribution in [0.2, 0.25) is 0 Å². The van der Waals surface area contributed by atoms with Gasteiger partial charge >= 0.3 is 0 Å². The van der Waals surface area contributed by atoms with Crippen molar-refractivity contribution in [3.05, 3.63) is 52.7 Å². The van der Waals surface area contributed by atoms with E-state index in [-0.39, 0.29) is 0 Å². The van der Waals surface area contributed by atoms with E-state index < -0.39 is 0 Å². The van der Waals surface area contributed by atoms with E-state index in [0.717, 1.165) is 23.7 Å². The summed E-state index contributed by atoms with van der Waals surface area (Å²) in [6, 6.07) is 11.3. The molecular formula is C20H23N4S+. The number of aryl methyl sites for hydroxylation is 2. The summed E-state index contributed by atoms with van der Waals surface area (Å²) >= 11 is 1.86. The Hall–Kier alpha value is -1.98. The molecule has 0 saturated carbocycles. The van der Waals surface area contributed by atoms with Crippen LogP contribution in [0.25, 0.3) is 10.2 Å². The highest BCUT2D eigenvalue weighted by molar-refractivity contribution is 7.19. The minimum Gasteiger partial charge on any atom is -0.361 e. The van der Waals surface area contributed by atoms with E-state index in [2.05, 4.69) is 45.6 Å². The first kappa shape index (κ1) is 15.3. The maximum Gasteiger partial charge on any atom is 0.138 e. The van der Waals surface area contributed by atoms with Crippen LogP contribution in [-0.2, 0) is 19.4 Å². The number of thiophene rings is 1. The maximum absolute atomic E-state index is 4.60. The lowest BCUT2D eigenvalue weighted by molar-refractivity contribution is -0.901. The van der Waals surface area contributed by atoms with Crippen molar-refractivity contribution >= 4 is 27.4 Å². The highest BCUT2D eigenvalue weighted by Gasteiger charge is 2.28. The van der Waals surface area contributed by atoms with Crippen molar-refractivity contribution in [3.8, 4) is 0 Å². The maximum atomic E-state index is 4.60.